The van der Waals surface area contributed by atoms with Gasteiger partial charge in [0.25, 0.3) is 5.22 Å². The van der Waals surface area contributed by atoms with Crippen molar-refractivity contribution in [3.8, 4) is 11.5 Å². The van der Waals surface area contributed by atoms with Crippen LogP contribution in [0, 0.1) is 0 Å². The zero-order chi connectivity index (χ0) is 16.4. The van der Waals surface area contributed by atoms with E-state index in [9.17, 15) is 4.79 Å². The number of aromatic nitrogens is 3. The van der Waals surface area contributed by atoms with Crippen molar-refractivity contribution in [1.82, 2.24) is 15.2 Å². The Labute approximate surface area is 143 Å². The highest BCUT2D eigenvalue weighted by Crippen LogP contribution is 2.25. The molecule has 0 amide bonds. The van der Waals surface area contributed by atoms with Crippen molar-refractivity contribution in [3.63, 3.8) is 0 Å². The molecule has 2 heterocycles. The Morgan fingerprint density at radius 2 is 1.92 bits per heavy atom. The molecule has 24 heavy (non-hydrogen) atoms. The molecule has 1 aromatic carbocycles. The van der Waals surface area contributed by atoms with Gasteiger partial charge in [0.2, 0.25) is 5.89 Å². The summed E-state index contributed by atoms with van der Waals surface area (Å²) < 4.78 is 5.59. The Bertz CT molecular complexity index is 877. The summed E-state index contributed by atoms with van der Waals surface area (Å²) in [6.45, 7) is 0. The first-order valence-electron chi connectivity index (χ1n) is 7.81. The third-order valence-corrected chi connectivity index (χ3v) is 4.90. The lowest BCUT2D eigenvalue weighted by molar-refractivity contribution is 0.102. The largest absolute Gasteiger partial charge is 0.411 e. The number of fused-ring (bicyclic) bond motifs is 1. The molecule has 4 rings (SSSR count). The maximum atomic E-state index is 12.4. The van der Waals surface area contributed by atoms with Crippen LogP contribution in [0.4, 0.5) is 0 Å². The third kappa shape index (κ3) is 3.10. The van der Waals surface area contributed by atoms with Gasteiger partial charge in [0.05, 0.1) is 5.75 Å². The van der Waals surface area contributed by atoms with E-state index >= 15 is 0 Å². The minimum atomic E-state index is 0.0818. The van der Waals surface area contributed by atoms with Crippen LogP contribution in [0.2, 0.25) is 0 Å². The van der Waals surface area contributed by atoms with Gasteiger partial charge in [0, 0.05) is 23.5 Å². The van der Waals surface area contributed by atoms with Crippen molar-refractivity contribution < 1.29 is 9.21 Å². The van der Waals surface area contributed by atoms with Gasteiger partial charge in [-0.2, -0.15) is 0 Å². The van der Waals surface area contributed by atoms with E-state index in [0.717, 1.165) is 24.0 Å². The summed E-state index contributed by atoms with van der Waals surface area (Å²) >= 11 is 1.27. The third-order valence-electron chi connectivity index (χ3n) is 4.08. The number of Topliss-reactive ketones (excluding diaryl/α,β-unsaturated/α-hetero) is 1. The number of pyridine rings is 1. The fourth-order valence-electron chi connectivity index (χ4n) is 2.84. The molecule has 5 nitrogen and oxygen atoms in total. The fourth-order valence-corrected chi connectivity index (χ4v) is 3.49. The van der Waals surface area contributed by atoms with Crippen LogP contribution >= 0.6 is 11.8 Å². The molecule has 0 atom stereocenters. The second-order valence-corrected chi connectivity index (χ2v) is 6.58. The van der Waals surface area contributed by atoms with Crippen molar-refractivity contribution >= 4 is 17.5 Å². The molecule has 6 heteroatoms. The van der Waals surface area contributed by atoms with Crippen molar-refractivity contribution in [2.24, 2.45) is 0 Å². The average molecular weight is 337 g/mol. The Morgan fingerprint density at radius 3 is 2.79 bits per heavy atom. The molecular weight excluding hydrogens is 322 g/mol. The van der Waals surface area contributed by atoms with Crippen LogP contribution < -0.4 is 0 Å². The molecule has 0 unspecified atom stereocenters. The normalized spacial score (nSPS) is 13.0. The molecule has 0 fully saturated rings. The molecule has 2 aromatic heterocycles. The standard InChI is InChI=1S/C18H15N3O2S/c22-16(15-5-4-12-2-1-3-14(12)10-15)11-24-18-21-20-17(23-18)13-6-8-19-9-7-13/h4-10H,1-3,11H2. The van der Waals surface area contributed by atoms with Gasteiger partial charge in [-0.3, -0.25) is 9.78 Å². The van der Waals surface area contributed by atoms with E-state index in [1.54, 1.807) is 24.5 Å². The van der Waals surface area contributed by atoms with Crippen LogP contribution in [0.1, 0.15) is 27.9 Å². The summed E-state index contributed by atoms with van der Waals surface area (Å²) in [4.78, 5) is 16.3. The first-order valence-corrected chi connectivity index (χ1v) is 8.80. The summed E-state index contributed by atoms with van der Waals surface area (Å²) in [5.41, 5.74) is 4.26. The summed E-state index contributed by atoms with van der Waals surface area (Å²) in [6.07, 6.45) is 6.72. The highest BCUT2D eigenvalue weighted by molar-refractivity contribution is 7.99. The second kappa shape index (κ2) is 6.57. The Hall–Kier alpha value is -2.47. The van der Waals surface area contributed by atoms with E-state index in [0.29, 0.717) is 11.1 Å². The summed E-state index contributed by atoms with van der Waals surface area (Å²) in [6, 6.07) is 9.63. The van der Waals surface area contributed by atoms with Gasteiger partial charge < -0.3 is 4.42 Å². The number of benzene rings is 1. The number of hydrogen-bond acceptors (Lipinski definition) is 6. The van der Waals surface area contributed by atoms with Gasteiger partial charge in [-0.25, -0.2) is 0 Å². The molecule has 0 saturated carbocycles. The summed E-state index contributed by atoms with van der Waals surface area (Å²) in [7, 11) is 0. The number of carbonyl (C=O) groups excluding carboxylic acids is 1. The van der Waals surface area contributed by atoms with Gasteiger partial charge >= 0.3 is 0 Å². The first kappa shape index (κ1) is 15.1. The van der Waals surface area contributed by atoms with Crippen LogP contribution in [0.5, 0.6) is 0 Å². The van der Waals surface area contributed by atoms with Gasteiger partial charge in [-0.15, -0.1) is 10.2 Å². The molecule has 1 aliphatic rings. The molecule has 0 spiro atoms. The minimum Gasteiger partial charge on any atom is -0.411 e. The highest BCUT2D eigenvalue weighted by atomic mass is 32.2. The lowest BCUT2D eigenvalue weighted by Crippen LogP contribution is -2.03. The predicted molar refractivity (Wildman–Crippen MR) is 91.1 cm³/mol. The Balaban J connectivity index is 1.42. The number of carbonyl (C=O) groups is 1. The summed E-state index contributed by atoms with van der Waals surface area (Å²) in [5, 5.41) is 8.40. The monoisotopic (exact) mass is 337 g/mol. The lowest BCUT2D eigenvalue weighted by atomic mass is 10.0. The molecule has 120 valence electrons. The number of hydrogen-bond donors (Lipinski definition) is 0. The fraction of sp³-hybridized carbons (Fsp3) is 0.222. The molecule has 0 saturated heterocycles. The summed E-state index contributed by atoms with van der Waals surface area (Å²) in [5.74, 6) is 0.805. The smallest absolute Gasteiger partial charge is 0.277 e. The van der Waals surface area contributed by atoms with Gasteiger partial charge in [-0.05, 0) is 48.6 Å². The number of nitrogens with zero attached hydrogens (tertiary/aromatic N) is 3. The molecule has 1 aliphatic carbocycles. The second-order valence-electron chi connectivity index (χ2n) is 5.66. The van der Waals surface area contributed by atoms with Crippen LogP contribution in [0.25, 0.3) is 11.5 Å². The molecule has 0 aliphatic heterocycles. The van der Waals surface area contributed by atoms with Crippen molar-refractivity contribution in [2.75, 3.05) is 5.75 Å². The van der Waals surface area contributed by atoms with Gasteiger partial charge in [0.15, 0.2) is 5.78 Å². The molecule has 0 N–H and O–H groups in total. The molecule has 0 bridgehead atoms. The zero-order valence-corrected chi connectivity index (χ0v) is 13.8. The number of ketones is 1. The van der Waals surface area contributed by atoms with Crippen LogP contribution in [-0.4, -0.2) is 26.7 Å². The van der Waals surface area contributed by atoms with Crippen molar-refractivity contribution in [1.29, 1.82) is 0 Å². The number of aryl methyl sites for hydroxylation is 2. The maximum Gasteiger partial charge on any atom is 0.277 e. The van der Waals surface area contributed by atoms with Gasteiger partial charge in [0.1, 0.15) is 0 Å². The Kier molecular flexibility index (Phi) is 4.13. The number of rotatable bonds is 5. The van der Waals surface area contributed by atoms with E-state index < -0.39 is 0 Å². The minimum absolute atomic E-state index is 0.0818. The number of thioether (sulfide) groups is 1. The van der Waals surface area contributed by atoms with Crippen molar-refractivity contribution in [2.45, 2.75) is 24.5 Å². The van der Waals surface area contributed by atoms with E-state index in [1.165, 1.54) is 29.3 Å². The SMILES string of the molecule is O=C(CSc1nnc(-c2ccncc2)o1)c1ccc2c(c1)CCC2. The molecule has 3 aromatic rings. The first-order chi connectivity index (χ1) is 11.8. The van der Waals surface area contributed by atoms with Crippen LogP contribution in [0.15, 0.2) is 52.4 Å². The molecule has 0 radical (unpaired) electrons. The lowest BCUT2D eigenvalue weighted by Gasteiger charge is -2.03. The van der Waals surface area contributed by atoms with Crippen LogP contribution in [0.3, 0.4) is 0 Å². The maximum absolute atomic E-state index is 12.4. The predicted octanol–water partition coefficient (Wildman–Crippen LogP) is 3.60. The molecular formula is C18H15N3O2S. The van der Waals surface area contributed by atoms with E-state index in [2.05, 4.69) is 21.2 Å². The topological polar surface area (TPSA) is 68.9 Å². The van der Waals surface area contributed by atoms with Crippen LogP contribution in [-0.2, 0) is 12.8 Å². The zero-order valence-electron chi connectivity index (χ0n) is 12.9. The average Bonchev–Trinajstić information content (AvgIpc) is 3.29. The Morgan fingerprint density at radius 1 is 1.08 bits per heavy atom. The highest BCUT2D eigenvalue weighted by Gasteiger charge is 2.15. The van der Waals surface area contributed by atoms with E-state index in [-0.39, 0.29) is 11.5 Å². The van der Waals surface area contributed by atoms with E-state index in [4.69, 9.17) is 4.42 Å². The quantitative estimate of drug-likeness (QED) is 0.523. The van der Waals surface area contributed by atoms with Crippen molar-refractivity contribution in [3.05, 3.63) is 59.4 Å². The van der Waals surface area contributed by atoms with E-state index in [1.807, 2.05) is 12.1 Å². The van der Waals surface area contributed by atoms with Gasteiger partial charge in [-0.1, -0.05) is 23.9 Å².